The highest BCUT2D eigenvalue weighted by Crippen LogP contribution is 2.09. The van der Waals surface area contributed by atoms with Crippen LogP contribution in [0.15, 0.2) is 22.8 Å². The Morgan fingerprint density at radius 3 is 2.78 bits per heavy atom. The van der Waals surface area contributed by atoms with Gasteiger partial charge >= 0.3 is 0 Å². The minimum Gasteiger partial charge on any atom is -0.467 e. The number of ether oxygens (including phenoxy) is 1. The normalized spacial score (nSPS) is 25.0. The molecule has 5 heteroatoms. The molecule has 2 rings (SSSR count). The largest absolute Gasteiger partial charge is 0.467 e. The van der Waals surface area contributed by atoms with E-state index in [4.69, 9.17) is 9.15 Å². The van der Waals surface area contributed by atoms with Crippen LogP contribution in [0.4, 0.5) is 0 Å². The first-order valence-electron chi connectivity index (χ1n) is 6.30. The summed E-state index contributed by atoms with van der Waals surface area (Å²) in [6.07, 6.45) is 1.98. The van der Waals surface area contributed by atoms with E-state index in [1.54, 1.807) is 6.26 Å². The topological polar surface area (TPSA) is 54.7 Å². The van der Waals surface area contributed by atoms with Gasteiger partial charge in [-0.3, -0.25) is 9.69 Å². The zero-order chi connectivity index (χ0) is 13.0. The Bertz CT molecular complexity index is 368. The van der Waals surface area contributed by atoms with Crippen molar-refractivity contribution in [2.24, 2.45) is 0 Å². The Morgan fingerprint density at radius 2 is 2.17 bits per heavy atom. The third-order valence-corrected chi connectivity index (χ3v) is 2.90. The molecule has 0 aromatic carbocycles. The number of morpholine rings is 1. The highest BCUT2D eigenvalue weighted by molar-refractivity contribution is 5.77. The molecule has 2 heterocycles. The van der Waals surface area contributed by atoms with Gasteiger partial charge in [0.2, 0.25) is 5.91 Å². The monoisotopic (exact) mass is 252 g/mol. The Kier molecular flexibility index (Phi) is 4.38. The molecule has 5 nitrogen and oxygen atoms in total. The van der Waals surface area contributed by atoms with E-state index in [1.165, 1.54) is 0 Å². The summed E-state index contributed by atoms with van der Waals surface area (Å²) in [7, 11) is 0. The Labute approximate surface area is 107 Å². The van der Waals surface area contributed by atoms with Gasteiger partial charge in [0, 0.05) is 13.1 Å². The number of hydrogen-bond donors (Lipinski definition) is 1. The fourth-order valence-corrected chi connectivity index (χ4v) is 2.27. The number of furan rings is 1. The van der Waals surface area contributed by atoms with Crippen molar-refractivity contribution < 1.29 is 13.9 Å². The SMILES string of the molecule is CC1CN(CC(=O)NCc2ccco2)CC(C)O1. The van der Waals surface area contributed by atoms with Crippen LogP contribution in [0.3, 0.4) is 0 Å². The van der Waals surface area contributed by atoms with Crippen LogP contribution >= 0.6 is 0 Å². The molecule has 1 aromatic rings. The van der Waals surface area contributed by atoms with E-state index in [1.807, 2.05) is 26.0 Å². The van der Waals surface area contributed by atoms with E-state index in [0.717, 1.165) is 18.8 Å². The lowest BCUT2D eigenvalue weighted by Crippen LogP contribution is -2.49. The number of hydrogen-bond acceptors (Lipinski definition) is 4. The van der Waals surface area contributed by atoms with E-state index in [2.05, 4.69) is 10.2 Å². The first-order chi connectivity index (χ1) is 8.63. The van der Waals surface area contributed by atoms with E-state index in [0.29, 0.717) is 13.1 Å². The van der Waals surface area contributed by atoms with E-state index < -0.39 is 0 Å². The average Bonchev–Trinajstić information content (AvgIpc) is 2.77. The van der Waals surface area contributed by atoms with Crippen molar-refractivity contribution in [3.8, 4) is 0 Å². The van der Waals surface area contributed by atoms with Crippen molar-refractivity contribution in [3.63, 3.8) is 0 Å². The second-order valence-corrected chi connectivity index (χ2v) is 4.81. The van der Waals surface area contributed by atoms with Crippen LogP contribution in [-0.4, -0.2) is 42.6 Å². The van der Waals surface area contributed by atoms with Gasteiger partial charge in [-0.1, -0.05) is 0 Å². The molecule has 1 amide bonds. The molecule has 1 aliphatic rings. The molecule has 1 fully saturated rings. The Hall–Kier alpha value is -1.33. The number of nitrogens with one attached hydrogen (secondary N) is 1. The van der Waals surface area contributed by atoms with Crippen molar-refractivity contribution in [1.29, 1.82) is 0 Å². The molecule has 0 aliphatic carbocycles. The summed E-state index contributed by atoms with van der Waals surface area (Å²) in [4.78, 5) is 13.9. The van der Waals surface area contributed by atoms with Crippen LogP contribution in [-0.2, 0) is 16.1 Å². The van der Waals surface area contributed by atoms with Crippen molar-refractivity contribution in [2.75, 3.05) is 19.6 Å². The van der Waals surface area contributed by atoms with Gasteiger partial charge in [-0.2, -0.15) is 0 Å². The van der Waals surface area contributed by atoms with Crippen LogP contribution in [0.5, 0.6) is 0 Å². The van der Waals surface area contributed by atoms with Gasteiger partial charge < -0.3 is 14.5 Å². The maximum atomic E-state index is 11.8. The van der Waals surface area contributed by atoms with Crippen molar-refractivity contribution in [3.05, 3.63) is 24.2 Å². The fourth-order valence-electron chi connectivity index (χ4n) is 2.27. The summed E-state index contributed by atoms with van der Waals surface area (Å²) in [5.74, 6) is 0.791. The summed E-state index contributed by atoms with van der Waals surface area (Å²) in [5, 5.41) is 2.85. The zero-order valence-electron chi connectivity index (χ0n) is 10.9. The number of nitrogens with zero attached hydrogens (tertiary/aromatic N) is 1. The van der Waals surface area contributed by atoms with Gasteiger partial charge in [0.05, 0.1) is 31.6 Å². The Morgan fingerprint density at radius 1 is 1.44 bits per heavy atom. The standard InChI is InChI=1S/C13H20N2O3/c1-10-7-15(8-11(2)18-10)9-13(16)14-6-12-4-3-5-17-12/h3-5,10-11H,6-9H2,1-2H3,(H,14,16). The highest BCUT2D eigenvalue weighted by Gasteiger charge is 2.23. The summed E-state index contributed by atoms with van der Waals surface area (Å²) in [6, 6.07) is 3.66. The quantitative estimate of drug-likeness (QED) is 0.868. The van der Waals surface area contributed by atoms with Crippen LogP contribution < -0.4 is 5.32 Å². The highest BCUT2D eigenvalue weighted by atomic mass is 16.5. The molecule has 2 atom stereocenters. The molecule has 1 aliphatic heterocycles. The maximum Gasteiger partial charge on any atom is 0.234 e. The van der Waals surface area contributed by atoms with E-state index in [9.17, 15) is 4.79 Å². The third kappa shape index (κ3) is 3.85. The van der Waals surface area contributed by atoms with Gasteiger partial charge in [0.25, 0.3) is 0 Å². The first kappa shape index (κ1) is 13.1. The lowest BCUT2D eigenvalue weighted by atomic mass is 10.2. The molecular weight excluding hydrogens is 232 g/mol. The maximum absolute atomic E-state index is 11.8. The van der Waals surface area contributed by atoms with Gasteiger partial charge in [-0.25, -0.2) is 0 Å². The summed E-state index contributed by atoms with van der Waals surface area (Å²) < 4.78 is 10.8. The van der Waals surface area contributed by atoms with Gasteiger partial charge in [0.15, 0.2) is 0 Å². The van der Waals surface area contributed by atoms with Gasteiger partial charge in [0.1, 0.15) is 5.76 Å². The summed E-state index contributed by atoms with van der Waals surface area (Å²) >= 11 is 0. The third-order valence-electron chi connectivity index (χ3n) is 2.90. The first-order valence-corrected chi connectivity index (χ1v) is 6.30. The molecule has 100 valence electrons. The summed E-state index contributed by atoms with van der Waals surface area (Å²) in [5.41, 5.74) is 0. The summed E-state index contributed by atoms with van der Waals surface area (Å²) in [6.45, 7) is 6.53. The number of carbonyl (C=O) groups excluding carboxylic acids is 1. The van der Waals surface area contributed by atoms with Crippen LogP contribution in [0.25, 0.3) is 0 Å². The number of carbonyl (C=O) groups is 1. The molecule has 18 heavy (non-hydrogen) atoms. The number of rotatable bonds is 4. The van der Waals surface area contributed by atoms with Crippen LogP contribution in [0, 0.1) is 0 Å². The lowest BCUT2D eigenvalue weighted by molar-refractivity contribution is -0.126. The Balaban J connectivity index is 1.73. The zero-order valence-corrected chi connectivity index (χ0v) is 10.9. The predicted molar refractivity (Wildman–Crippen MR) is 67.0 cm³/mol. The predicted octanol–water partition coefficient (Wildman–Crippen LogP) is 1.00. The van der Waals surface area contributed by atoms with Crippen LogP contribution in [0.2, 0.25) is 0 Å². The van der Waals surface area contributed by atoms with Crippen molar-refractivity contribution >= 4 is 5.91 Å². The van der Waals surface area contributed by atoms with Gasteiger partial charge in [-0.15, -0.1) is 0 Å². The molecule has 1 aromatic heterocycles. The second-order valence-electron chi connectivity index (χ2n) is 4.81. The molecule has 0 radical (unpaired) electrons. The lowest BCUT2D eigenvalue weighted by Gasteiger charge is -2.34. The molecule has 2 unspecified atom stereocenters. The minimum atomic E-state index is 0.0210. The smallest absolute Gasteiger partial charge is 0.234 e. The van der Waals surface area contributed by atoms with Crippen LogP contribution in [0.1, 0.15) is 19.6 Å². The van der Waals surface area contributed by atoms with Gasteiger partial charge in [-0.05, 0) is 26.0 Å². The van der Waals surface area contributed by atoms with E-state index >= 15 is 0 Å². The second kappa shape index (κ2) is 6.02. The van der Waals surface area contributed by atoms with Crippen molar-refractivity contribution in [1.82, 2.24) is 10.2 Å². The molecule has 1 N–H and O–H groups in total. The molecule has 0 bridgehead atoms. The molecule has 0 saturated carbocycles. The van der Waals surface area contributed by atoms with Crippen molar-refractivity contribution in [2.45, 2.75) is 32.6 Å². The minimum absolute atomic E-state index is 0.0210. The number of amides is 1. The fraction of sp³-hybridized carbons (Fsp3) is 0.615. The molecular formula is C13H20N2O3. The van der Waals surface area contributed by atoms with E-state index in [-0.39, 0.29) is 18.1 Å². The molecule has 1 saturated heterocycles. The average molecular weight is 252 g/mol. The molecule has 0 spiro atoms.